The van der Waals surface area contributed by atoms with Gasteiger partial charge in [0.2, 0.25) is 0 Å². The maximum absolute atomic E-state index is 11.3. The molecule has 3 heteroatoms. The molecule has 0 rings (SSSR count). The summed E-state index contributed by atoms with van der Waals surface area (Å²) in [6.07, 6.45) is 6.13. The van der Waals surface area contributed by atoms with Crippen molar-refractivity contribution in [2.45, 2.75) is 52.9 Å². The van der Waals surface area contributed by atoms with Gasteiger partial charge < -0.3 is 9.47 Å². The van der Waals surface area contributed by atoms with Crippen molar-refractivity contribution < 1.29 is 14.3 Å². The van der Waals surface area contributed by atoms with E-state index in [1.165, 1.54) is 32.8 Å². The Morgan fingerprint density at radius 3 is 2.31 bits per heavy atom. The minimum atomic E-state index is -0.530. The second-order valence-corrected chi connectivity index (χ2v) is 4.84. The monoisotopic (exact) mass is 230 g/mol. The molecule has 0 aliphatic heterocycles. The molecule has 0 amide bonds. The van der Waals surface area contributed by atoms with Crippen LogP contribution in [0.1, 0.15) is 52.9 Å². The van der Waals surface area contributed by atoms with Crippen LogP contribution in [0, 0.1) is 5.41 Å². The number of unbranched alkanes of at least 4 members (excludes halogenated alkanes) is 4. The summed E-state index contributed by atoms with van der Waals surface area (Å²) >= 11 is 0. The van der Waals surface area contributed by atoms with Gasteiger partial charge in [-0.15, -0.1) is 0 Å². The molecule has 0 aromatic heterocycles. The smallest absolute Gasteiger partial charge is 0.313 e. The number of rotatable bonds is 9. The van der Waals surface area contributed by atoms with Crippen LogP contribution in [0.25, 0.3) is 0 Å². The van der Waals surface area contributed by atoms with Gasteiger partial charge >= 0.3 is 5.97 Å². The van der Waals surface area contributed by atoms with Crippen LogP contribution in [0.4, 0.5) is 0 Å². The first-order valence-corrected chi connectivity index (χ1v) is 6.20. The van der Waals surface area contributed by atoms with Crippen LogP contribution < -0.4 is 0 Å². The van der Waals surface area contributed by atoms with Gasteiger partial charge in [-0.05, 0) is 20.3 Å². The molecule has 0 heterocycles. The lowest BCUT2D eigenvalue weighted by Gasteiger charge is -2.21. The Bertz CT molecular complexity index is 188. The van der Waals surface area contributed by atoms with E-state index < -0.39 is 5.41 Å². The second kappa shape index (κ2) is 8.57. The molecule has 0 aromatic rings. The third-order valence-corrected chi connectivity index (χ3v) is 2.59. The first-order chi connectivity index (χ1) is 7.54. The van der Waals surface area contributed by atoms with Gasteiger partial charge in [-0.2, -0.15) is 0 Å². The molecule has 0 aliphatic carbocycles. The molecule has 0 N–H and O–H groups in total. The highest BCUT2D eigenvalue weighted by Crippen LogP contribution is 2.17. The zero-order chi connectivity index (χ0) is 12.4. The van der Waals surface area contributed by atoms with Crippen LogP contribution in [-0.4, -0.2) is 26.3 Å². The fourth-order valence-corrected chi connectivity index (χ4v) is 1.47. The third kappa shape index (κ3) is 6.83. The van der Waals surface area contributed by atoms with Crippen molar-refractivity contribution in [3.8, 4) is 0 Å². The molecule has 0 radical (unpaired) electrons. The molecule has 0 fully saturated rings. The zero-order valence-electron chi connectivity index (χ0n) is 11.2. The number of esters is 1. The first-order valence-electron chi connectivity index (χ1n) is 6.20. The SMILES string of the molecule is CCCCCCCOCC(C)(C)C(=O)OC. The van der Waals surface area contributed by atoms with Crippen molar-refractivity contribution >= 4 is 5.97 Å². The molecule has 0 aliphatic rings. The minimum absolute atomic E-state index is 0.210. The molecule has 0 spiro atoms. The molecule has 0 saturated carbocycles. The van der Waals surface area contributed by atoms with E-state index in [9.17, 15) is 4.79 Å². The molecule has 0 bridgehead atoms. The standard InChI is InChI=1S/C13H26O3/c1-5-6-7-8-9-10-16-11-13(2,3)12(14)15-4/h5-11H2,1-4H3. The van der Waals surface area contributed by atoms with Gasteiger partial charge in [0.05, 0.1) is 19.1 Å². The van der Waals surface area contributed by atoms with Gasteiger partial charge in [0.1, 0.15) is 0 Å². The summed E-state index contributed by atoms with van der Waals surface area (Å²) in [4.78, 5) is 11.3. The van der Waals surface area contributed by atoms with Crippen molar-refractivity contribution in [2.24, 2.45) is 5.41 Å². The average Bonchev–Trinajstić information content (AvgIpc) is 2.26. The molecule has 0 saturated heterocycles. The predicted octanol–water partition coefficient (Wildman–Crippen LogP) is 3.17. The number of hydrogen-bond donors (Lipinski definition) is 0. The maximum Gasteiger partial charge on any atom is 0.313 e. The van der Waals surface area contributed by atoms with Crippen molar-refractivity contribution in [2.75, 3.05) is 20.3 Å². The summed E-state index contributed by atoms with van der Waals surface area (Å²) in [6.45, 7) is 7.07. The molecular weight excluding hydrogens is 204 g/mol. The van der Waals surface area contributed by atoms with Crippen molar-refractivity contribution in [3.05, 3.63) is 0 Å². The highest BCUT2D eigenvalue weighted by atomic mass is 16.5. The van der Waals surface area contributed by atoms with E-state index in [1.54, 1.807) is 0 Å². The van der Waals surface area contributed by atoms with Gasteiger partial charge in [0.15, 0.2) is 0 Å². The molecule has 0 unspecified atom stereocenters. The summed E-state index contributed by atoms with van der Waals surface area (Å²) in [5, 5.41) is 0. The third-order valence-electron chi connectivity index (χ3n) is 2.59. The van der Waals surface area contributed by atoms with Gasteiger partial charge in [-0.3, -0.25) is 4.79 Å². The fraction of sp³-hybridized carbons (Fsp3) is 0.923. The highest BCUT2D eigenvalue weighted by Gasteiger charge is 2.28. The van der Waals surface area contributed by atoms with E-state index in [1.807, 2.05) is 13.8 Å². The molecule has 0 aromatic carbocycles. The first kappa shape index (κ1) is 15.4. The van der Waals surface area contributed by atoms with E-state index >= 15 is 0 Å². The molecular formula is C13H26O3. The van der Waals surface area contributed by atoms with Gasteiger partial charge in [0, 0.05) is 6.61 Å². The average molecular weight is 230 g/mol. The maximum atomic E-state index is 11.3. The van der Waals surface area contributed by atoms with Gasteiger partial charge in [-0.25, -0.2) is 0 Å². The summed E-state index contributed by atoms with van der Waals surface area (Å²) in [6, 6.07) is 0. The van der Waals surface area contributed by atoms with Crippen LogP contribution in [0.5, 0.6) is 0 Å². The lowest BCUT2D eigenvalue weighted by molar-refractivity contribution is -0.154. The lowest BCUT2D eigenvalue weighted by Crippen LogP contribution is -2.30. The van der Waals surface area contributed by atoms with Gasteiger partial charge in [0.25, 0.3) is 0 Å². The largest absolute Gasteiger partial charge is 0.469 e. The van der Waals surface area contributed by atoms with Crippen molar-refractivity contribution in [1.29, 1.82) is 0 Å². The quantitative estimate of drug-likeness (QED) is 0.451. The fourth-order valence-electron chi connectivity index (χ4n) is 1.47. The van der Waals surface area contributed by atoms with Crippen LogP contribution in [0.3, 0.4) is 0 Å². The summed E-state index contributed by atoms with van der Waals surface area (Å²) < 4.78 is 10.2. The van der Waals surface area contributed by atoms with E-state index in [0.717, 1.165) is 13.0 Å². The van der Waals surface area contributed by atoms with Crippen LogP contribution in [0.2, 0.25) is 0 Å². The molecule has 16 heavy (non-hydrogen) atoms. The summed E-state index contributed by atoms with van der Waals surface area (Å²) in [7, 11) is 1.41. The zero-order valence-corrected chi connectivity index (χ0v) is 11.2. The van der Waals surface area contributed by atoms with Crippen LogP contribution >= 0.6 is 0 Å². The second-order valence-electron chi connectivity index (χ2n) is 4.84. The number of ether oxygens (including phenoxy) is 2. The van der Waals surface area contributed by atoms with Crippen molar-refractivity contribution in [3.63, 3.8) is 0 Å². The lowest BCUT2D eigenvalue weighted by atomic mass is 9.95. The Balaban J connectivity index is 3.47. The summed E-state index contributed by atoms with van der Waals surface area (Å²) in [5.41, 5.74) is -0.530. The molecule has 3 nitrogen and oxygen atoms in total. The van der Waals surface area contributed by atoms with Gasteiger partial charge in [-0.1, -0.05) is 32.6 Å². The minimum Gasteiger partial charge on any atom is -0.469 e. The van der Waals surface area contributed by atoms with Crippen LogP contribution in [-0.2, 0) is 14.3 Å². The highest BCUT2D eigenvalue weighted by molar-refractivity contribution is 5.75. The Labute approximate surface area is 99.5 Å². The van der Waals surface area contributed by atoms with E-state index in [2.05, 4.69) is 6.92 Å². The van der Waals surface area contributed by atoms with E-state index in [0.29, 0.717) is 6.61 Å². The topological polar surface area (TPSA) is 35.5 Å². The normalized spacial score (nSPS) is 11.5. The molecule has 96 valence electrons. The molecule has 0 atom stereocenters. The Hall–Kier alpha value is -0.570. The number of methoxy groups -OCH3 is 1. The van der Waals surface area contributed by atoms with E-state index in [-0.39, 0.29) is 5.97 Å². The number of hydrogen-bond acceptors (Lipinski definition) is 3. The Morgan fingerprint density at radius 1 is 1.12 bits per heavy atom. The van der Waals surface area contributed by atoms with E-state index in [4.69, 9.17) is 9.47 Å². The Kier molecular flexibility index (Phi) is 8.26. The Morgan fingerprint density at radius 2 is 1.75 bits per heavy atom. The summed E-state index contributed by atoms with van der Waals surface area (Å²) in [5.74, 6) is -0.210. The number of carbonyl (C=O) groups is 1. The predicted molar refractivity (Wildman–Crippen MR) is 65.4 cm³/mol. The van der Waals surface area contributed by atoms with Crippen LogP contribution in [0.15, 0.2) is 0 Å². The van der Waals surface area contributed by atoms with Crippen molar-refractivity contribution in [1.82, 2.24) is 0 Å². The number of carbonyl (C=O) groups excluding carboxylic acids is 1.